The maximum atomic E-state index is 13.5. The van der Waals surface area contributed by atoms with Crippen LogP contribution in [0.25, 0.3) is 10.4 Å². The average molecular weight is 419 g/mol. The summed E-state index contributed by atoms with van der Waals surface area (Å²) in [6.45, 7) is 1.34. The van der Waals surface area contributed by atoms with Crippen molar-refractivity contribution in [3.8, 4) is 10.4 Å². The quantitative estimate of drug-likeness (QED) is 0.604. The lowest BCUT2D eigenvalue weighted by atomic mass is 9.80. The van der Waals surface area contributed by atoms with Gasteiger partial charge in [-0.2, -0.15) is 0 Å². The molecule has 0 bridgehead atoms. The zero-order chi connectivity index (χ0) is 20.8. The number of halogens is 2. The van der Waals surface area contributed by atoms with Crippen LogP contribution in [0.5, 0.6) is 0 Å². The summed E-state index contributed by atoms with van der Waals surface area (Å²) < 4.78 is 27.0. The van der Waals surface area contributed by atoms with Gasteiger partial charge in [0, 0.05) is 12.8 Å². The predicted octanol–water partition coefficient (Wildman–Crippen LogP) is 3.80. The summed E-state index contributed by atoms with van der Waals surface area (Å²) in [5.41, 5.74) is 0.291. The Morgan fingerprint density at radius 2 is 1.83 bits per heavy atom. The number of nitrogens with zero attached hydrogens (tertiary/aromatic N) is 2. The van der Waals surface area contributed by atoms with E-state index in [1.807, 2.05) is 30.3 Å². The maximum Gasteiger partial charge on any atom is 0.325 e. The first-order valence-electron chi connectivity index (χ1n) is 9.29. The van der Waals surface area contributed by atoms with Crippen LogP contribution in [-0.2, 0) is 4.79 Å². The fraction of sp³-hybridized carbons (Fsp3) is 0.400. The fourth-order valence-corrected chi connectivity index (χ4v) is 4.79. The van der Waals surface area contributed by atoms with Gasteiger partial charge in [-0.25, -0.2) is 18.6 Å². The van der Waals surface area contributed by atoms with E-state index in [0.717, 1.165) is 15.3 Å². The summed E-state index contributed by atoms with van der Waals surface area (Å²) in [6.07, 6.45) is -1.20. The molecule has 2 aliphatic rings. The highest BCUT2D eigenvalue weighted by atomic mass is 32.1. The molecule has 1 saturated carbocycles. The second-order valence-corrected chi connectivity index (χ2v) is 8.48. The summed E-state index contributed by atoms with van der Waals surface area (Å²) in [7, 11) is 0. The van der Waals surface area contributed by atoms with Gasteiger partial charge in [-0.05, 0) is 25.3 Å². The number of hydrogen-bond donors (Lipinski definition) is 1. The van der Waals surface area contributed by atoms with Crippen LogP contribution >= 0.6 is 11.3 Å². The van der Waals surface area contributed by atoms with Crippen molar-refractivity contribution >= 4 is 29.1 Å². The number of amides is 3. The van der Waals surface area contributed by atoms with Crippen molar-refractivity contribution in [3.63, 3.8) is 0 Å². The van der Waals surface area contributed by atoms with Gasteiger partial charge in [-0.15, -0.1) is 11.3 Å². The van der Waals surface area contributed by atoms with Crippen molar-refractivity contribution in [1.82, 2.24) is 15.2 Å². The molecule has 1 N–H and O–H groups in total. The smallest absolute Gasteiger partial charge is 0.323 e. The molecule has 1 aliphatic carbocycles. The Labute approximate surface area is 169 Å². The molecule has 0 unspecified atom stereocenters. The number of rotatable bonds is 4. The molecule has 0 radical (unpaired) electrons. The topological polar surface area (TPSA) is 79.4 Å². The minimum Gasteiger partial charge on any atom is -0.323 e. The molecule has 1 saturated heterocycles. The Bertz CT molecular complexity index is 980. The van der Waals surface area contributed by atoms with Crippen LogP contribution in [0.4, 0.5) is 13.6 Å². The zero-order valence-electron chi connectivity index (χ0n) is 15.7. The first kappa shape index (κ1) is 19.6. The number of aryl methyl sites for hydroxylation is 1. The molecule has 4 rings (SSSR count). The number of ketones is 1. The van der Waals surface area contributed by atoms with Crippen molar-refractivity contribution < 1.29 is 23.2 Å². The van der Waals surface area contributed by atoms with Crippen LogP contribution < -0.4 is 5.32 Å². The predicted molar refractivity (Wildman–Crippen MR) is 103 cm³/mol. The molecule has 29 heavy (non-hydrogen) atoms. The summed E-state index contributed by atoms with van der Waals surface area (Å²) >= 11 is 1.20. The number of carbonyl (C=O) groups is 3. The second-order valence-electron chi connectivity index (χ2n) is 7.48. The van der Waals surface area contributed by atoms with E-state index in [1.54, 1.807) is 6.92 Å². The summed E-state index contributed by atoms with van der Waals surface area (Å²) in [4.78, 5) is 43.8. The first-order valence-corrected chi connectivity index (χ1v) is 10.1. The van der Waals surface area contributed by atoms with Crippen molar-refractivity contribution in [2.24, 2.45) is 0 Å². The van der Waals surface area contributed by atoms with Crippen LogP contribution in [0.15, 0.2) is 30.3 Å². The number of nitrogens with one attached hydrogen (secondary N) is 1. The van der Waals surface area contributed by atoms with Gasteiger partial charge in [0.05, 0.1) is 17.1 Å². The van der Waals surface area contributed by atoms with Gasteiger partial charge in [0.2, 0.25) is 11.7 Å². The van der Waals surface area contributed by atoms with E-state index in [4.69, 9.17) is 0 Å². The molecule has 2 aromatic rings. The number of thiazole rings is 1. The van der Waals surface area contributed by atoms with Crippen molar-refractivity contribution in [1.29, 1.82) is 0 Å². The molecule has 2 heterocycles. The highest BCUT2D eigenvalue weighted by Crippen LogP contribution is 2.41. The molecule has 2 fully saturated rings. The third-order valence-corrected chi connectivity index (χ3v) is 6.70. The van der Waals surface area contributed by atoms with Crippen molar-refractivity contribution in [2.45, 2.75) is 44.1 Å². The first-order chi connectivity index (χ1) is 13.7. The molecule has 1 aromatic carbocycles. The number of alkyl halides is 2. The Morgan fingerprint density at radius 1 is 1.17 bits per heavy atom. The van der Waals surface area contributed by atoms with Crippen LogP contribution in [-0.4, -0.2) is 45.6 Å². The third-order valence-electron chi connectivity index (χ3n) is 5.45. The SMILES string of the molecule is Cc1nc(C(=O)CN2C(=O)NC3(CCC(F)(F)CC3)C2=O)sc1-c1ccccc1. The van der Waals surface area contributed by atoms with E-state index in [1.165, 1.54) is 11.3 Å². The molecular formula is C20H19F2N3O3S. The maximum absolute atomic E-state index is 13.5. The van der Waals surface area contributed by atoms with Gasteiger partial charge >= 0.3 is 6.03 Å². The standard InChI is InChI=1S/C20H19F2N3O3S/c1-12-15(13-5-3-2-4-6-13)29-16(23-12)14(26)11-25-17(27)19(24-18(25)28)7-9-20(21,22)10-8-19/h2-6H,7-11H2,1H3,(H,24,28). The Hall–Kier alpha value is -2.68. The molecule has 1 aliphatic heterocycles. The fourth-order valence-electron chi connectivity index (χ4n) is 3.79. The van der Waals surface area contributed by atoms with Gasteiger partial charge in [0.15, 0.2) is 5.01 Å². The number of carbonyl (C=O) groups excluding carboxylic acids is 3. The van der Waals surface area contributed by atoms with Crippen molar-refractivity contribution in [2.75, 3.05) is 6.54 Å². The number of benzene rings is 1. The number of hydrogen-bond acceptors (Lipinski definition) is 5. The monoisotopic (exact) mass is 419 g/mol. The number of Topliss-reactive ketones (excluding diaryl/α,β-unsaturated/α-hetero) is 1. The lowest BCUT2D eigenvalue weighted by Crippen LogP contribution is -2.51. The highest BCUT2D eigenvalue weighted by molar-refractivity contribution is 7.17. The summed E-state index contributed by atoms with van der Waals surface area (Å²) in [5.74, 6) is -3.89. The third kappa shape index (κ3) is 3.55. The molecule has 1 aromatic heterocycles. The van der Waals surface area contributed by atoms with E-state index in [2.05, 4.69) is 10.3 Å². The van der Waals surface area contributed by atoms with E-state index in [0.29, 0.717) is 5.69 Å². The summed E-state index contributed by atoms with van der Waals surface area (Å²) in [5, 5.41) is 2.75. The lowest BCUT2D eigenvalue weighted by molar-refractivity contribution is -0.135. The van der Waals surface area contributed by atoms with E-state index < -0.39 is 48.6 Å². The minimum absolute atomic E-state index is 0.135. The normalized spacial score (nSPS) is 20.2. The molecule has 9 heteroatoms. The Balaban J connectivity index is 1.51. The minimum atomic E-state index is -2.83. The van der Waals surface area contributed by atoms with E-state index >= 15 is 0 Å². The molecular weight excluding hydrogens is 400 g/mol. The number of aromatic nitrogens is 1. The molecule has 6 nitrogen and oxygen atoms in total. The molecule has 152 valence electrons. The second kappa shape index (κ2) is 6.98. The summed E-state index contributed by atoms with van der Waals surface area (Å²) in [6, 6.07) is 8.77. The van der Waals surface area contributed by atoms with Crippen molar-refractivity contribution in [3.05, 3.63) is 41.0 Å². The highest BCUT2D eigenvalue weighted by Gasteiger charge is 2.55. The van der Waals surface area contributed by atoms with Gasteiger partial charge in [-0.3, -0.25) is 14.5 Å². The van der Waals surface area contributed by atoms with Crippen LogP contribution in [0, 0.1) is 6.92 Å². The molecule has 3 amide bonds. The number of urea groups is 1. The van der Waals surface area contributed by atoms with E-state index in [9.17, 15) is 23.2 Å². The zero-order valence-corrected chi connectivity index (χ0v) is 16.5. The Kier molecular flexibility index (Phi) is 4.72. The lowest BCUT2D eigenvalue weighted by Gasteiger charge is -2.34. The van der Waals surface area contributed by atoms with Gasteiger partial charge < -0.3 is 5.32 Å². The van der Waals surface area contributed by atoms with Gasteiger partial charge in [0.1, 0.15) is 5.54 Å². The Morgan fingerprint density at radius 3 is 2.48 bits per heavy atom. The molecule has 1 spiro atoms. The van der Waals surface area contributed by atoms with Crippen LogP contribution in [0.2, 0.25) is 0 Å². The van der Waals surface area contributed by atoms with E-state index in [-0.39, 0.29) is 17.8 Å². The van der Waals surface area contributed by atoms with Gasteiger partial charge in [-0.1, -0.05) is 30.3 Å². The largest absolute Gasteiger partial charge is 0.325 e. The van der Waals surface area contributed by atoms with Gasteiger partial charge in [0.25, 0.3) is 5.91 Å². The molecule has 0 atom stereocenters. The number of imide groups is 1. The van der Waals surface area contributed by atoms with Crippen LogP contribution in [0.3, 0.4) is 0 Å². The average Bonchev–Trinajstić information content (AvgIpc) is 3.19. The van der Waals surface area contributed by atoms with Crippen LogP contribution in [0.1, 0.15) is 41.2 Å².